The summed E-state index contributed by atoms with van der Waals surface area (Å²) in [7, 11) is -0.785. The van der Waals surface area contributed by atoms with Crippen LogP contribution in [0.1, 0.15) is 12.5 Å². The molecule has 0 aliphatic rings. The molecule has 106 valence electrons. The third-order valence-corrected chi connectivity index (χ3v) is 4.28. The molecule has 1 atom stereocenters. The van der Waals surface area contributed by atoms with E-state index in [1.807, 2.05) is 0 Å². The fourth-order valence-electron chi connectivity index (χ4n) is 1.66. The van der Waals surface area contributed by atoms with Crippen molar-refractivity contribution in [2.45, 2.75) is 12.7 Å². The van der Waals surface area contributed by atoms with E-state index in [4.69, 9.17) is 4.74 Å². The Labute approximate surface area is 112 Å². The first-order valence-corrected chi connectivity index (χ1v) is 7.48. The lowest BCUT2D eigenvalue weighted by atomic mass is 10.2. The van der Waals surface area contributed by atoms with Gasteiger partial charge in [0.25, 0.3) is 0 Å². The van der Waals surface area contributed by atoms with Gasteiger partial charge in [0, 0.05) is 11.8 Å². The number of rotatable bonds is 6. The van der Waals surface area contributed by atoms with Gasteiger partial charge in [0.1, 0.15) is 0 Å². The lowest BCUT2D eigenvalue weighted by molar-refractivity contribution is -0.144. The van der Waals surface area contributed by atoms with E-state index in [9.17, 15) is 13.2 Å². The van der Waals surface area contributed by atoms with Crippen molar-refractivity contribution >= 4 is 15.8 Å². The SMILES string of the molecule is COC(=O)C(C)CS(=O)(=O)Cc1cccnc1OC. The quantitative estimate of drug-likeness (QED) is 0.720. The first kappa shape index (κ1) is 15.4. The molecule has 0 aromatic carbocycles. The highest BCUT2D eigenvalue weighted by Gasteiger charge is 2.23. The van der Waals surface area contributed by atoms with Gasteiger partial charge >= 0.3 is 5.97 Å². The van der Waals surface area contributed by atoms with E-state index in [0.29, 0.717) is 5.56 Å². The molecule has 0 fully saturated rings. The van der Waals surface area contributed by atoms with E-state index >= 15 is 0 Å². The number of sulfone groups is 1. The number of methoxy groups -OCH3 is 2. The van der Waals surface area contributed by atoms with Gasteiger partial charge in [-0.1, -0.05) is 13.0 Å². The summed E-state index contributed by atoms with van der Waals surface area (Å²) >= 11 is 0. The fraction of sp³-hybridized carbons (Fsp3) is 0.500. The Morgan fingerprint density at radius 2 is 2.11 bits per heavy atom. The summed E-state index contributed by atoms with van der Waals surface area (Å²) in [5.74, 6) is -1.44. The highest BCUT2D eigenvalue weighted by atomic mass is 32.2. The summed E-state index contributed by atoms with van der Waals surface area (Å²) in [6.45, 7) is 1.52. The first-order valence-electron chi connectivity index (χ1n) is 5.65. The van der Waals surface area contributed by atoms with Crippen molar-refractivity contribution in [1.29, 1.82) is 0 Å². The Kier molecular flexibility index (Phi) is 5.29. The predicted octanol–water partition coefficient (Wildman–Crippen LogP) is 0.814. The van der Waals surface area contributed by atoms with E-state index in [1.54, 1.807) is 12.1 Å². The Balaban J connectivity index is 2.82. The van der Waals surface area contributed by atoms with Crippen LogP contribution in [0, 0.1) is 5.92 Å². The minimum Gasteiger partial charge on any atom is -0.481 e. The van der Waals surface area contributed by atoms with Crippen molar-refractivity contribution in [3.63, 3.8) is 0 Å². The number of carbonyl (C=O) groups is 1. The molecule has 0 bridgehead atoms. The molecule has 6 nitrogen and oxygen atoms in total. The summed E-state index contributed by atoms with van der Waals surface area (Å²) in [5, 5.41) is 0. The molecule has 1 rings (SSSR count). The van der Waals surface area contributed by atoms with Crippen molar-refractivity contribution in [1.82, 2.24) is 4.98 Å². The fourth-order valence-corrected chi connectivity index (χ4v) is 3.37. The summed E-state index contributed by atoms with van der Waals surface area (Å²) in [4.78, 5) is 15.2. The minimum atomic E-state index is -3.44. The number of hydrogen-bond donors (Lipinski definition) is 0. The maximum absolute atomic E-state index is 12.0. The third kappa shape index (κ3) is 4.51. The smallest absolute Gasteiger partial charge is 0.309 e. The van der Waals surface area contributed by atoms with Crippen LogP contribution < -0.4 is 4.74 Å². The van der Waals surface area contributed by atoms with Crippen LogP contribution in [-0.2, 0) is 25.1 Å². The van der Waals surface area contributed by atoms with E-state index in [2.05, 4.69) is 9.72 Å². The number of nitrogens with zero attached hydrogens (tertiary/aromatic N) is 1. The number of hydrogen-bond acceptors (Lipinski definition) is 6. The number of aromatic nitrogens is 1. The number of carbonyl (C=O) groups excluding carboxylic acids is 1. The Morgan fingerprint density at radius 3 is 2.68 bits per heavy atom. The molecule has 0 N–H and O–H groups in total. The molecule has 0 saturated carbocycles. The Hall–Kier alpha value is -1.63. The lowest BCUT2D eigenvalue weighted by Gasteiger charge is -2.11. The van der Waals surface area contributed by atoms with Crippen LogP contribution in [0.5, 0.6) is 5.88 Å². The summed E-state index contributed by atoms with van der Waals surface area (Å²) in [5.41, 5.74) is 0.474. The van der Waals surface area contributed by atoms with E-state index in [1.165, 1.54) is 27.3 Å². The maximum atomic E-state index is 12.0. The number of esters is 1. The van der Waals surface area contributed by atoms with E-state index in [0.717, 1.165) is 0 Å². The monoisotopic (exact) mass is 287 g/mol. The van der Waals surface area contributed by atoms with Crippen molar-refractivity contribution in [2.75, 3.05) is 20.0 Å². The normalized spacial score (nSPS) is 12.8. The van der Waals surface area contributed by atoms with Gasteiger partial charge < -0.3 is 9.47 Å². The third-order valence-electron chi connectivity index (χ3n) is 2.53. The van der Waals surface area contributed by atoms with Gasteiger partial charge in [-0.2, -0.15) is 0 Å². The second-order valence-corrected chi connectivity index (χ2v) is 6.26. The van der Waals surface area contributed by atoms with Crippen LogP contribution in [0.25, 0.3) is 0 Å². The molecule has 19 heavy (non-hydrogen) atoms. The average molecular weight is 287 g/mol. The molecule has 0 saturated heterocycles. The topological polar surface area (TPSA) is 82.6 Å². The van der Waals surface area contributed by atoms with E-state index < -0.39 is 21.7 Å². The number of pyridine rings is 1. The highest BCUT2D eigenvalue weighted by Crippen LogP contribution is 2.18. The Bertz CT molecular complexity index is 541. The van der Waals surface area contributed by atoms with Gasteiger partial charge in [-0.15, -0.1) is 0 Å². The standard InChI is InChI=1S/C12H17NO5S/c1-9(12(14)18-3)7-19(15,16)8-10-5-4-6-13-11(10)17-2/h4-6,9H,7-8H2,1-3H3. The van der Waals surface area contributed by atoms with Crippen LogP contribution in [-0.4, -0.2) is 39.3 Å². The molecule has 1 aromatic rings. The molecular weight excluding hydrogens is 270 g/mol. The largest absolute Gasteiger partial charge is 0.481 e. The second-order valence-electron chi connectivity index (χ2n) is 4.15. The lowest BCUT2D eigenvalue weighted by Crippen LogP contribution is -2.23. The Morgan fingerprint density at radius 1 is 1.42 bits per heavy atom. The van der Waals surface area contributed by atoms with Crippen molar-refractivity contribution < 1.29 is 22.7 Å². The van der Waals surface area contributed by atoms with Crippen LogP contribution in [0.2, 0.25) is 0 Å². The van der Waals surface area contributed by atoms with Crippen LogP contribution in [0.3, 0.4) is 0 Å². The molecule has 0 spiro atoms. The second kappa shape index (κ2) is 6.51. The van der Waals surface area contributed by atoms with Gasteiger partial charge in [-0.05, 0) is 6.07 Å². The zero-order valence-corrected chi connectivity index (χ0v) is 11.9. The van der Waals surface area contributed by atoms with Crippen molar-refractivity contribution in [3.8, 4) is 5.88 Å². The zero-order valence-electron chi connectivity index (χ0n) is 11.1. The van der Waals surface area contributed by atoms with Crippen LogP contribution in [0.15, 0.2) is 18.3 Å². The van der Waals surface area contributed by atoms with Gasteiger partial charge in [0.05, 0.1) is 31.6 Å². The average Bonchev–Trinajstić information content (AvgIpc) is 2.37. The molecule has 0 aliphatic heterocycles. The molecule has 7 heteroatoms. The molecular formula is C12H17NO5S. The summed E-state index contributed by atoms with van der Waals surface area (Å²) in [6, 6.07) is 3.27. The molecule has 1 heterocycles. The molecule has 1 aromatic heterocycles. The van der Waals surface area contributed by atoms with Gasteiger partial charge in [-0.25, -0.2) is 13.4 Å². The molecule has 0 radical (unpaired) electrons. The molecule has 0 aliphatic carbocycles. The van der Waals surface area contributed by atoms with Crippen molar-refractivity contribution in [3.05, 3.63) is 23.9 Å². The minimum absolute atomic E-state index is 0.217. The highest BCUT2D eigenvalue weighted by molar-refractivity contribution is 7.90. The number of ether oxygens (including phenoxy) is 2. The van der Waals surface area contributed by atoms with E-state index in [-0.39, 0.29) is 17.4 Å². The van der Waals surface area contributed by atoms with Crippen molar-refractivity contribution in [2.24, 2.45) is 5.92 Å². The van der Waals surface area contributed by atoms with Gasteiger partial charge in [0.2, 0.25) is 5.88 Å². The van der Waals surface area contributed by atoms with Gasteiger partial charge in [-0.3, -0.25) is 4.79 Å². The molecule has 0 amide bonds. The predicted molar refractivity (Wildman–Crippen MR) is 69.5 cm³/mol. The van der Waals surface area contributed by atoms with Crippen LogP contribution in [0.4, 0.5) is 0 Å². The molecule has 1 unspecified atom stereocenters. The first-order chi connectivity index (χ1) is 8.89. The summed E-state index contributed by atoms with van der Waals surface area (Å²) < 4.78 is 33.5. The summed E-state index contributed by atoms with van der Waals surface area (Å²) in [6.07, 6.45) is 1.52. The zero-order chi connectivity index (χ0) is 14.5. The van der Waals surface area contributed by atoms with Crippen LogP contribution >= 0.6 is 0 Å². The maximum Gasteiger partial charge on any atom is 0.309 e. The van der Waals surface area contributed by atoms with Gasteiger partial charge in [0.15, 0.2) is 9.84 Å².